The monoisotopic (exact) mass is 490 g/mol. The number of morpholine rings is 1. The lowest BCUT2D eigenvalue weighted by Gasteiger charge is -2.37. The Morgan fingerprint density at radius 3 is 2.24 bits per heavy atom. The molecule has 0 saturated carbocycles. The maximum Gasteiger partial charge on any atom is 0.0991 e. The largest absolute Gasteiger partial charge is 0.372 e. The maximum absolute atomic E-state index is 9.20. The second-order valence-electron chi connectivity index (χ2n) is 9.93. The van der Waals surface area contributed by atoms with Crippen LogP contribution in [0.5, 0.6) is 0 Å². The minimum absolute atomic E-state index is 0.229. The number of allylic oxidation sites excluding steroid dienone is 1. The molecule has 3 heterocycles. The summed E-state index contributed by atoms with van der Waals surface area (Å²) in [5, 5.41) is 11.2. The first-order chi connectivity index (χ1) is 18.0. The molecule has 0 radical (unpaired) electrons. The third-order valence-corrected chi connectivity index (χ3v) is 7.30. The van der Waals surface area contributed by atoms with Gasteiger partial charge in [0.2, 0.25) is 0 Å². The van der Waals surface area contributed by atoms with Crippen LogP contribution in [0.2, 0.25) is 0 Å². The number of hydrogen-bond acceptors (Lipinski definition) is 5. The van der Waals surface area contributed by atoms with Crippen molar-refractivity contribution in [2.24, 2.45) is 0 Å². The molecule has 0 aliphatic carbocycles. The van der Waals surface area contributed by atoms with Gasteiger partial charge < -0.3 is 14.5 Å². The molecule has 2 aliphatic rings. The Balaban J connectivity index is 1.61. The summed E-state index contributed by atoms with van der Waals surface area (Å²) in [4.78, 5) is 9.86. The third-order valence-electron chi connectivity index (χ3n) is 7.30. The number of aromatic nitrogens is 1. The van der Waals surface area contributed by atoms with Crippen LogP contribution in [0.25, 0.3) is 22.8 Å². The Kier molecular flexibility index (Phi) is 7.12. The molecule has 3 aromatic rings. The predicted octanol–water partition coefficient (Wildman–Crippen LogP) is 4.63. The molecule has 0 N–H and O–H groups in total. The SMILES string of the molecule is C=C/C(c1ccc(C#N)cc1)=c1/ncc(-c2ccc(N3CC(C)OC(C)C3)cc2)c(N2CCC2)/c1=C/C. The van der Waals surface area contributed by atoms with Crippen molar-refractivity contribution in [1.82, 2.24) is 4.98 Å². The number of hydrogen-bond donors (Lipinski definition) is 0. The number of anilines is 2. The van der Waals surface area contributed by atoms with Crippen LogP contribution in [0, 0.1) is 11.3 Å². The van der Waals surface area contributed by atoms with Gasteiger partial charge in [0.25, 0.3) is 0 Å². The van der Waals surface area contributed by atoms with Crippen molar-refractivity contribution >= 4 is 23.0 Å². The summed E-state index contributed by atoms with van der Waals surface area (Å²) < 4.78 is 5.92. The highest BCUT2D eigenvalue weighted by atomic mass is 16.5. The third kappa shape index (κ3) is 4.90. The van der Waals surface area contributed by atoms with E-state index in [1.165, 1.54) is 23.4 Å². The molecule has 188 valence electrons. The molecule has 1 aromatic heterocycles. The van der Waals surface area contributed by atoms with Gasteiger partial charge in [-0.05, 0) is 62.6 Å². The smallest absolute Gasteiger partial charge is 0.0991 e. The number of nitriles is 1. The summed E-state index contributed by atoms with van der Waals surface area (Å²) >= 11 is 0. The lowest BCUT2D eigenvalue weighted by molar-refractivity contribution is -0.00521. The van der Waals surface area contributed by atoms with Crippen LogP contribution < -0.4 is 20.4 Å². The lowest BCUT2D eigenvalue weighted by Crippen LogP contribution is -2.45. The Morgan fingerprint density at radius 1 is 1.03 bits per heavy atom. The van der Waals surface area contributed by atoms with Crippen molar-refractivity contribution in [3.8, 4) is 17.2 Å². The zero-order valence-electron chi connectivity index (χ0n) is 21.9. The Labute approximate surface area is 219 Å². The van der Waals surface area contributed by atoms with Crippen LogP contribution in [-0.2, 0) is 4.74 Å². The molecule has 2 aromatic carbocycles. The van der Waals surface area contributed by atoms with E-state index in [2.05, 4.69) is 73.6 Å². The van der Waals surface area contributed by atoms with E-state index < -0.39 is 0 Å². The first kappa shape index (κ1) is 24.8. The molecule has 5 heteroatoms. The maximum atomic E-state index is 9.20. The van der Waals surface area contributed by atoms with E-state index in [4.69, 9.17) is 9.72 Å². The first-order valence-electron chi connectivity index (χ1n) is 13.1. The minimum atomic E-state index is 0.229. The second kappa shape index (κ2) is 10.6. The van der Waals surface area contributed by atoms with E-state index in [9.17, 15) is 5.26 Å². The number of ether oxygens (including phenoxy) is 1. The lowest BCUT2D eigenvalue weighted by atomic mass is 9.98. The van der Waals surface area contributed by atoms with Gasteiger partial charge in [0.15, 0.2) is 0 Å². The molecule has 2 aliphatic heterocycles. The standard InChI is InChI=1S/C32H34N4O/c1-5-28(25-10-8-24(18-33)9-11-25)31-29(6-2)32(35-16-7-17-35)30(19-34-31)26-12-14-27(15-13-26)36-20-22(3)37-23(4)21-36/h5-6,8-15,19,22-23H,1,7,16-17,20-21H2,2-4H3/b29-6+,31-28-. The van der Waals surface area contributed by atoms with Crippen LogP contribution >= 0.6 is 0 Å². The Bertz CT molecular complexity index is 1440. The van der Waals surface area contributed by atoms with E-state index in [-0.39, 0.29) is 12.2 Å². The highest BCUT2D eigenvalue weighted by Gasteiger charge is 2.24. The predicted molar refractivity (Wildman–Crippen MR) is 152 cm³/mol. The van der Waals surface area contributed by atoms with E-state index >= 15 is 0 Å². The molecule has 0 spiro atoms. The van der Waals surface area contributed by atoms with E-state index in [0.29, 0.717) is 5.56 Å². The molecule has 2 saturated heterocycles. The number of pyridine rings is 1. The van der Waals surface area contributed by atoms with Crippen LogP contribution in [0.4, 0.5) is 11.4 Å². The summed E-state index contributed by atoms with van der Waals surface area (Å²) in [6, 6.07) is 18.7. The van der Waals surface area contributed by atoms with Crippen LogP contribution in [0.3, 0.4) is 0 Å². The van der Waals surface area contributed by atoms with Crippen molar-refractivity contribution in [3.05, 3.63) is 89.1 Å². The van der Waals surface area contributed by atoms with Crippen LogP contribution in [0.1, 0.15) is 38.3 Å². The van der Waals surface area contributed by atoms with Crippen molar-refractivity contribution in [3.63, 3.8) is 0 Å². The summed E-state index contributed by atoms with van der Waals surface area (Å²) in [6.07, 6.45) is 7.70. The molecular weight excluding hydrogens is 456 g/mol. The average Bonchev–Trinajstić information content (AvgIpc) is 2.88. The van der Waals surface area contributed by atoms with Gasteiger partial charge in [0.05, 0.1) is 34.9 Å². The fraction of sp³-hybridized carbons (Fsp3) is 0.312. The summed E-state index contributed by atoms with van der Waals surface area (Å²) in [5.41, 5.74) is 7.39. The second-order valence-corrected chi connectivity index (χ2v) is 9.93. The van der Waals surface area contributed by atoms with Crippen LogP contribution in [-0.4, -0.2) is 43.4 Å². The number of nitrogens with zero attached hydrogens (tertiary/aromatic N) is 4. The van der Waals surface area contributed by atoms with Crippen molar-refractivity contribution in [2.75, 3.05) is 36.0 Å². The van der Waals surface area contributed by atoms with Crippen molar-refractivity contribution in [1.29, 1.82) is 5.26 Å². The molecule has 5 rings (SSSR count). The van der Waals surface area contributed by atoms with Gasteiger partial charge in [0.1, 0.15) is 0 Å². The minimum Gasteiger partial charge on any atom is -0.372 e. The van der Waals surface area contributed by atoms with Crippen molar-refractivity contribution in [2.45, 2.75) is 39.4 Å². The molecule has 37 heavy (non-hydrogen) atoms. The fourth-order valence-corrected chi connectivity index (χ4v) is 5.41. The van der Waals surface area contributed by atoms with Crippen LogP contribution in [0.15, 0.2) is 67.4 Å². The molecule has 0 bridgehead atoms. The van der Waals surface area contributed by atoms with Gasteiger partial charge in [-0.2, -0.15) is 5.26 Å². The van der Waals surface area contributed by atoms with Gasteiger partial charge in [-0.3, -0.25) is 4.98 Å². The number of rotatable bonds is 5. The summed E-state index contributed by atoms with van der Waals surface area (Å²) in [5.74, 6) is 0. The molecule has 2 atom stereocenters. The molecular formula is C32H34N4O. The van der Waals surface area contributed by atoms with E-state index in [1.54, 1.807) is 0 Å². The highest BCUT2D eigenvalue weighted by molar-refractivity contribution is 5.82. The first-order valence-corrected chi connectivity index (χ1v) is 13.1. The Hall–Kier alpha value is -3.88. The van der Waals surface area contributed by atoms with E-state index in [1.807, 2.05) is 36.5 Å². The summed E-state index contributed by atoms with van der Waals surface area (Å²) in [7, 11) is 0. The Morgan fingerprint density at radius 2 is 1.70 bits per heavy atom. The summed E-state index contributed by atoms with van der Waals surface area (Å²) in [6.45, 7) is 14.4. The fourth-order valence-electron chi connectivity index (χ4n) is 5.41. The molecule has 5 nitrogen and oxygen atoms in total. The molecule has 2 fully saturated rings. The van der Waals surface area contributed by atoms with Gasteiger partial charge in [-0.1, -0.05) is 43.0 Å². The van der Waals surface area contributed by atoms with Crippen molar-refractivity contribution < 1.29 is 4.74 Å². The quantitative estimate of drug-likeness (QED) is 0.522. The average molecular weight is 491 g/mol. The molecule has 0 amide bonds. The van der Waals surface area contributed by atoms with Gasteiger partial charge in [0, 0.05) is 54.4 Å². The normalized spacial score (nSPS) is 20.8. The van der Waals surface area contributed by atoms with Gasteiger partial charge in [-0.15, -0.1) is 0 Å². The topological polar surface area (TPSA) is 52.4 Å². The van der Waals surface area contributed by atoms with Gasteiger partial charge in [-0.25, -0.2) is 0 Å². The number of benzene rings is 2. The van der Waals surface area contributed by atoms with E-state index in [0.717, 1.165) is 53.4 Å². The van der Waals surface area contributed by atoms with Gasteiger partial charge >= 0.3 is 0 Å². The zero-order chi connectivity index (χ0) is 25.9. The molecule has 2 unspecified atom stereocenters. The zero-order valence-corrected chi connectivity index (χ0v) is 21.9. The highest BCUT2D eigenvalue weighted by Crippen LogP contribution is 2.31.